The van der Waals surface area contributed by atoms with E-state index in [4.69, 9.17) is 9.47 Å². The van der Waals surface area contributed by atoms with Gasteiger partial charge >= 0.3 is 0 Å². The van der Waals surface area contributed by atoms with Crippen molar-refractivity contribution in [1.29, 1.82) is 0 Å². The number of amides is 2. The van der Waals surface area contributed by atoms with Gasteiger partial charge in [0, 0.05) is 12.2 Å². The Morgan fingerprint density at radius 2 is 1.97 bits per heavy atom. The quantitative estimate of drug-likeness (QED) is 0.796. The molecule has 2 aromatic rings. The Bertz CT molecular complexity index is 972. The van der Waals surface area contributed by atoms with E-state index in [-0.39, 0.29) is 17.9 Å². The molecule has 0 aliphatic carbocycles. The molecular formula is C23H22N2O4. The van der Waals surface area contributed by atoms with Crippen LogP contribution in [0.1, 0.15) is 5.56 Å². The summed E-state index contributed by atoms with van der Waals surface area (Å²) < 4.78 is 11.4. The third-order valence-corrected chi connectivity index (χ3v) is 6.10. The van der Waals surface area contributed by atoms with E-state index in [9.17, 15) is 9.59 Å². The molecule has 0 aromatic heterocycles. The summed E-state index contributed by atoms with van der Waals surface area (Å²) in [6.07, 6.45) is 3.54. The van der Waals surface area contributed by atoms with Gasteiger partial charge in [0.2, 0.25) is 11.8 Å². The number of fused-ring (bicyclic) bond motifs is 1. The van der Waals surface area contributed by atoms with Crippen molar-refractivity contribution in [3.8, 4) is 5.75 Å². The summed E-state index contributed by atoms with van der Waals surface area (Å²) in [6.45, 7) is 0.848. The standard InChI is InChI=1S/C23H22N2O4/c1-28-17-9-7-16(8-10-17)25-14-23-12-11-18(29-23)19(20(23)22(25)27)21(26)24-13-15-5-3-2-4-6-15/h2-12,18-20H,13-14H2,1H3,(H,24,26)/t18-,19+,20-,23-/m1/s1. The number of nitrogens with zero attached hydrogens (tertiary/aromatic N) is 1. The maximum Gasteiger partial charge on any atom is 0.234 e. The van der Waals surface area contributed by atoms with E-state index in [1.54, 1.807) is 12.0 Å². The van der Waals surface area contributed by atoms with E-state index in [1.807, 2.05) is 66.7 Å². The molecule has 2 saturated heterocycles. The minimum absolute atomic E-state index is 0.0677. The van der Waals surface area contributed by atoms with Gasteiger partial charge in [0.15, 0.2) is 0 Å². The molecule has 2 fully saturated rings. The molecule has 3 aliphatic rings. The first-order valence-corrected chi connectivity index (χ1v) is 9.75. The highest BCUT2D eigenvalue weighted by Crippen LogP contribution is 2.52. The molecule has 148 valence electrons. The molecule has 5 rings (SSSR count). The zero-order chi connectivity index (χ0) is 20.0. The van der Waals surface area contributed by atoms with Crippen LogP contribution in [0.2, 0.25) is 0 Å². The normalized spacial score (nSPS) is 29.2. The lowest BCUT2D eigenvalue weighted by Crippen LogP contribution is -2.43. The monoisotopic (exact) mass is 390 g/mol. The molecule has 6 nitrogen and oxygen atoms in total. The lowest BCUT2D eigenvalue weighted by molar-refractivity contribution is -0.132. The fourth-order valence-electron chi connectivity index (χ4n) is 4.68. The highest BCUT2D eigenvalue weighted by molar-refractivity contribution is 6.03. The van der Waals surface area contributed by atoms with Crippen LogP contribution < -0.4 is 15.0 Å². The summed E-state index contributed by atoms with van der Waals surface area (Å²) in [5.74, 6) is -0.495. The molecule has 2 aromatic carbocycles. The first-order valence-electron chi connectivity index (χ1n) is 9.75. The zero-order valence-electron chi connectivity index (χ0n) is 16.1. The van der Waals surface area contributed by atoms with E-state index >= 15 is 0 Å². The summed E-state index contributed by atoms with van der Waals surface area (Å²) in [7, 11) is 1.61. The number of hydrogen-bond donors (Lipinski definition) is 1. The Morgan fingerprint density at radius 1 is 1.21 bits per heavy atom. The third kappa shape index (κ3) is 2.83. The predicted octanol–water partition coefficient (Wildman–Crippen LogP) is 2.30. The van der Waals surface area contributed by atoms with Crippen molar-refractivity contribution in [2.45, 2.75) is 18.2 Å². The molecule has 3 heterocycles. The first-order chi connectivity index (χ1) is 14.1. The minimum atomic E-state index is -0.726. The summed E-state index contributed by atoms with van der Waals surface area (Å²) in [5.41, 5.74) is 1.08. The second-order valence-electron chi connectivity index (χ2n) is 7.73. The van der Waals surface area contributed by atoms with Gasteiger partial charge in [-0.1, -0.05) is 42.5 Å². The summed E-state index contributed by atoms with van der Waals surface area (Å²) in [4.78, 5) is 28.0. The van der Waals surface area contributed by atoms with Crippen LogP contribution >= 0.6 is 0 Å². The van der Waals surface area contributed by atoms with Gasteiger partial charge in [-0.05, 0) is 29.8 Å². The number of rotatable bonds is 5. The van der Waals surface area contributed by atoms with E-state index < -0.39 is 17.4 Å². The SMILES string of the molecule is COc1ccc(N2C[C@@]34C=C[C@@H](O3)[C@H](C(=O)NCc3ccccc3)[C@@H]4C2=O)cc1. The second-order valence-corrected chi connectivity index (χ2v) is 7.73. The van der Waals surface area contributed by atoms with E-state index in [0.717, 1.165) is 17.0 Å². The van der Waals surface area contributed by atoms with Crippen LogP contribution in [0, 0.1) is 11.8 Å². The molecular weight excluding hydrogens is 368 g/mol. The van der Waals surface area contributed by atoms with Crippen molar-refractivity contribution in [3.63, 3.8) is 0 Å². The van der Waals surface area contributed by atoms with Crippen LogP contribution in [0.4, 0.5) is 5.69 Å². The first kappa shape index (κ1) is 17.9. The molecule has 29 heavy (non-hydrogen) atoms. The average Bonchev–Trinajstić information content (AvgIpc) is 3.41. The molecule has 0 radical (unpaired) electrons. The van der Waals surface area contributed by atoms with Gasteiger partial charge in [-0.3, -0.25) is 9.59 Å². The number of hydrogen-bond acceptors (Lipinski definition) is 4. The molecule has 3 aliphatic heterocycles. The maximum absolute atomic E-state index is 13.3. The third-order valence-electron chi connectivity index (χ3n) is 6.10. The summed E-state index contributed by atoms with van der Waals surface area (Å²) in [5, 5.41) is 2.99. The number of ether oxygens (including phenoxy) is 2. The van der Waals surface area contributed by atoms with Crippen LogP contribution in [-0.2, 0) is 20.9 Å². The molecule has 0 saturated carbocycles. The topological polar surface area (TPSA) is 67.9 Å². The average molecular weight is 390 g/mol. The smallest absolute Gasteiger partial charge is 0.234 e. The Kier molecular flexibility index (Phi) is 4.17. The van der Waals surface area contributed by atoms with Gasteiger partial charge in [0.25, 0.3) is 0 Å². The van der Waals surface area contributed by atoms with Crippen molar-refractivity contribution in [1.82, 2.24) is 5.32 Å². The van der Waals surface area contributed by atoms with Gasteiger partial charge < -0.3 is 19.7 Å². The Balaban J connectivity index is 1.37. The van der Waals surface area contributed by atoms with Gasteiger partial charge in [-0.2, -0.15) is 0 Å². The van der Waals surface area contributed by atoms with E-state index in [0.29, 0.717) is 13.1 Å². The van der Waals surface area contributed by atoms with Crippen LogP contribution in [-0.4, -0.2) is 37.2 Å². The van der Waals surface area contributed by atoms with Crippen LogP contribution in [0.5, 0.6) is 5.75 Å². The lowest BCUT2D eigenvalue weighted by Gasteiger charge is -2.23. The second kappa shape index (κ2) is 6.74. The fourth-order valence-corrected chi connectivity index (χ4v) is 4.68. The molecule has 6 heteroatoms. The largest absolute Gasteiger partial charge is 0.497 e. The number of benzene rings is 2. The highest BCUT2D eigenvalue weighted by Gasteiger charge is 2.67. The minimum Gasteiger partial charge on any atom is -0.497 e. The van der Waals surface area contributed by atoms with Gasteiger partial charge in [-0.25, -0.2) is 0 Å². The zero-order valence-corrected chi connectivity index (χ0v) is 16.1. The fraction of sp³-hybridized carbons (Fsp3) is 0.304. The van der Waals surface area contributed by atoms with Crippen LogP contribution in [0.15, 0.2) is 66.7 Å². The molecule has 1 spiro atoms. The maximum atomic E-state index is 13.3. The number of carbonyl (C=O) groups excluding carboxylic acids is 2. The Morgan fingerprint density at radius 3 is 2.69 bits per heavy atom. The van der Waals surface area contributed by atoms with Crippen molar-refractivity contribution in [2.75, 3.05) is 18.6 Å². The van der Waals surface area contributed by atoms with Crippen LogP contribution in [0.3, 0.4) is 0 Å². The van der Waals surface area contributed by atoms with Crippen molar-refractivity contribution in [2.24, 2.45) is 11.8 Å². The molecule has 0 unspecified atom stereocenters. The Hall–Kier alpha value is -3.12. The van der Waals surface area contributed by atoms with Crippen molar-refractivity contribution < 1.29 is 19.1 Å². The summed E-state index contributed by atoms with van der Waals surface area (Å²) >= 11 is 0. The Labute approximate surface area is 169 Å². The van der Waals surface area contributed by atoms with E-state index in [1.165, 1.54) is 0 Å². The van der Waals surface area contributed by atoms with Gasteiger partial charge in [0.05, 0.1) is 31.6 Å². The number of nitrogens with one attached hydrogen (secondary N) is 1. The molecule has 1 N–H and O–H groups in total. The lowest BCUT2D eigenvalue weighted by atomic mass is 9.77. The highest BCUT2D eigenvalue weighted by atomic mass is 16.5. The number of carbonyl (C=O) groups is 2. The number of anilines is 1. The van der Waals surface area contributed by atoms with E-state index in [2.05, 4.69) is 5.32 Å². The van der Waals surface area contributed by atoms with Crippen molar-refractivity contribution >= 4 is 17.5 Å². The molecule has 2 amide bonds. The summed E-state index contributed by atoms with van der Waals surface area (Å²) in [6, 6.07) is 17.1. The van der Waals surface area contributed by atoms with Crippen molar-refractivity contribution in [3.05, 3.63) is 72.3 Å². The molecule has 4 atom stereocenters. The van der Waals surface area contributed by atoms with Gasteiger partial charge in [-0.15, -0.1) is 0 Å². The van der Waals surface area contributed by atoms with Crippen LogP contribution in [0.25, 0.3) is 0 Å². The number of methoxy groups -OCH3 is 1. The van der Waals surface area contributed by atoms with Gasteiger partial charge in [0.1, 0.15) is 11.4 Å². The predicted molar refractivity (Wildman–Crippen MR) is 107 cm³/mol. The molecule has 2 bridgehead atoms.